The Balaban J connectivity index is 1.60. The Kier molecular flexibility index (Phi) is 5.33. The van der Waals surface area contributed by atoms with Crippen molar-refractivity contribution in [2.75, 3.05) is 11.9 Å². The highest BCUT2D eigenvalue weighted by atomic mass is 16.1. The summed E-state index contributed by atoms with van der Waals surface area (Å²) in [7, 11) is 0. The van der Waals surface area contributed by atoms with Crippen molar-refractivity contribution in [2.24, 2.45) is 0 Å². The highest BCUT2D eigenvalue weighted by Gasteiger charge is 2.10. The molecule has 1 aromatic carbocycles. The predicted molar refractivity (Wildman–Crippen MR) is 102 cm³/mol. The molecule has 1 atom stereocenters. The second-order valence-electron chi connectivity index (χ2n) is 6.25. The standard InChI is InChI=1S/C20H24N4O/c1-3-14(2)24-20(25)19-12-16(9-11-22-19)21-10-8-15-13-23-18-7-5-4-6-17(15)18/h4-7,9,11-14,23H,3,8,10H2,1-2H3,(H,21,22)(H,24,25). The van der Waals surface area contributed by atoms with E-state index < -0.39 is 0 Å². The third kappa shape index (κ3) is 4.18. The van der Waals surface area contributed by atoms with Crippen molar-refractivity contribution in [3.05, 3.63) is 60.0 Å². The van der Waals surface area contributed by atoms with E-state index in [0.29, 0.717) is 5.69 Å². The van der Waals surface area contributed by atoms with Crippen LogP contribution >= 0.6 is 0 Å². The van der Waals surface area contributed by atoms with Crippen LogP contribution in [0.3, 0.4) is 0 Å². The molecule has 130 valence electrons. The summed E-state index contributed by atoms with van der Waals surface area (Å²) >= 11 is 0. The van der Waals surface area contributed by atoms with Crippen molar-refractivity contribution >= 4 is 22.5 Å². The first-order valence-electron chi connectivity index (χ1n) is 8.73. The van der Waals surface area contributed by atoms with Gasteiger partial charge in [0.1, 0.15) is 5.69 Å². The van der Waals surface area contributed by atoms with Crippen LogP contribution in [-0.2, 0) is 6.42 Å². The van der Waals surface area contributed by atoms with Crippen molar-refractivity contribution < 1.29 is 4.79 Å². The lowest BCUT2D eigenvalue weighted by Gasteiger charge is -2.12. The van der Waals surface area contributed by atoms with Crippen molar-refractivity contribution in [2.45, 2.75) is 32.7 Å². The molecule has 0 saturated carbocycles. The summed E-state index contributed by atoms with van der Waals surface area (Å²) in [5.41, 5.74) is 3.79. The normalized spacial score (nSPS) is 12.1. The Morgan fingerprint density at radius 1 is 1.28 bits per heavy atom. The number of anilines is 1. The van der Waals surface area contributed by atoms with Crippen LogP contribution in [0.4, 0.5) is 5.69 Å². The van der Waals surface area contributed by atoms with Crippen molar-refractivity contribution in [1.29, 1.82) is 0 Å². The number of fused-ring (bicyclic) bond motifs is 1. The summed E-state index contributed by atoms with van der Waals surface area (Å²) in [6.07, 6.45) is 5.53. The number of benzene rings is 1. The summed E-state index contributed by atoms with van der Waals surface area (Å²) in [5, 5.41) is 7.57. The summed E-state index contributed by atoms with van der Waals surface area (Å²) in [5.74, 6) is -0.130. The Morgan fingerprint density at radius 3 is 2.96 bits per heavy atom. The van der Waals surface area contributed by atoms with Gasteiger partial charge in [-0.3, -0.25) is 9.78 Å². The molecular formula is C20H24N4O. The van der Waals surface area contributed by atoms with Gasteiger partial charge in [0, 0.05) is 41.6 Å². The molecule has 1 unspecified atom stereocenters. The van der Waals surface area contributed by atoms with E-state index in [1.54, 1.807) is 12.3 Å². The lowest BCUT2D eigenvalue weighted by molar-refractivity contribution is 0.0934. The summed E-state index contributed by atoms with van der Waals surface area (Å²) in [6.45, 7) is 4.82. The highest BCUT2D eigenvalue weighted by molar-refractivity contribution is 5.93. The SMILES string of the molecule is CCC(C)NC(=O)c1cc(NCCc2c[nH]c3ccccc23)ccn1. The minimum Gasteiger partial charge on any atom is -0.385 e. The van der Waals surface area contributed by atoms with E-state index in [4.69, 9.17) is 0 Å². The van der Waals surface area contributed by atoms with Crippen LogP contribution in [0.15, 0.2) is 48.8 Å². The number of carbonyl (C=O) groups is 1. The van der Waals surface area contributed by atoms with Gasteiger partial charge in [0.2, 0.25) is 0 Å². The van der Waals surface area contributed by atoms with Crippen LogP contribution in [0.1, 0.15) is 36.3 Å². The van der Waals surface area contributed by atoms with Gasteiger partial charge in [-0.25, -0.2) is 0 Å². The Labute approximate surface area is 147 Å². The maximum atomic E-state index is 12.2. The van der Waals surface area contributed by atoms with E-state index in [1.165, 1.54) is 10.9 Å². The molecule has 0 aliphatic carbocycles. The van der Waals surface area contributed by atoms with Crippen LogP contribution in [-0.4, -0.2) is 28.5 Å². The van der Waals surface area contributed by atoms with E-state index in [9.17, 15) is 4.79 Å². The lowest BCUT2D eigenvalue weighted by Crippen LogP contribution is -2.32. The number of para-hydroxylation sites is 1. The quantitative estimate of drug-likeness (QED) is 0.615. The first-order chi connectivity index (χ1) is 12.2. The Hall–Kier alpha value is -2.82. The first kappa shape index (κ1) is 17.0. The van der Waals surface area contributed by atoms with Crippen LogP contribution in [0.25, 0.3) is 10.9 Å². The molecule has 5 nitrogen and oxygen atoms in total. The van der Waals surface area contributed by atoms with E-state index in [2.05, 4.69) is 45.0 Å². The molecule has 0 aliphatic heterocycles. The van der Waals surface area contributed by atoms with E-state index in [-0.39, 0.29) is 11.9 Å². The van der Waals surface area contributed by atoms with Crippen LogP contribution < -0.4 is 10.6 Å². The lowest BCUT2D eigenvalue weighted by atomic mass is 10.1. The number of aromatic nitrogens is 2. The second kappa shape index (κ2) is 7.83. The van der Waals surface area contributed by atoms with Gasteiger partial charge in [0.05, 0.1) is 0 Å². The Bertz CT molecular complexity index is 856. The van der Waals surface area contributed by atoms with Gasteiger partial charge in [-0.2, -0.15) is 0 Å². The number of carbonyl (C=O) groups excluding carboxylic acids is 1. The molecule has 5 heteroatoms. The highest BCUT2D eigenvalue weighted by Crippen LogP contribution is 2.18. The number of rotatable bonds is 7. The fourth-order valence-corrected chi connectivity index (χ4v) is 2.74. The molecule has 3 N–H and O–H groups in total. The summed E-state index contributed by atoms with van der Waals surface area (Å²) < 4.78 is 0. The van der Waals surface area contributed by atoms with E-state index in [0.717, 1.165) is 30.6 Å². The molecule has 0 aliphatic rings. The number of nitrogens with zero attached hydrogens (tertiary/aromatic N) is 1. The second-order valence-corrected chi connectivity index (χ2v) is 6.25. The molecule has 25 heavy (non-hydrogen) atoms. The maximum absolute atomic E-state index is 12.2. The van der Waals surface area contributed by atoms with Gasteiger partial charge in [-0.15, -0.1) is 0 Å². The molecule has 0 saturated heterocycles. The molecule has 3 aromatic rings. The van der Waals surface area contributed by atoms with Crippen molar-refractivity contribution in [3.63, 3.8) is 0 Å². The first-order valence-corrected chi connectivity index (χ1v) is 8.73. The molecule has 0 spiro atoms. The van der Waals surface area contributed by atoms with Crippen molar-refractivity contribution in [3.8, 4) is 0 Å². The third-order valence-corrected chi connectivity index (χ3v) is 4.38. The molecule has 2 heterocycles. The number of aromatic amines is 1. The summed E-state index contributed by atoms with van der Waals surface area (Å²) in [6, 6.07) is 12.1. The van der Waals surface area contributed by atoms with Gasteiger partial charge in [-0.05, 0) is 43.5 Å². The number of hydrogen-bond donors (Lipinski definition) is 3. The largest absolute Gasteiger partial charge is 0.385 e. The molecule has 3 rings (SSSR count). The smallest absolute Gasteiger partial charge is 0.270 e. The van der Waals surface area contributed by atoms with E-state index in [1.807, 2.05) is 26.0 Å². The van der Waals surface area contributed by atoms with Crippen molar-refractivity contribution in [1.82, 2.24) is 15.3 Å². The predicted octanol–water partition coefficient (Wildman–Crippen LogP) is 3.75. The number of H-pyrrole nitrogens is 1. The van der Waals surface area contributed by atoms with Crippen LogP contribution in [0.5, 0.6) is 0 Å². The number of hydrogen-bond acceptors (Lipinski definition) is 3. The molecule has 2 aromatic heterocycles. The van der Waals surface area contributed by atoms with Gasteiger partial charge in [-0.1, -0.05) is 25.1 Å². The zero-order valence-corrected chi connectivity index (χ0v) is 14.7. The molecular weight excluding hydrogens is 312 g/mol. The van der Waals surface area contributed by atoms with Gasteiger partial charge >= 0.3 is 0 Å². The minimum atomic E-state index is -0.130. The van der Waals surface area contributed by atoms with E-state index >= 15 is 0 Å². The van der Waals surface area contributed by atoms with Crippen LogP contribution in [0, 0.1) is 0 Å². The average Bonchev–Trinajstić information content (AvgIpc) is 3.05. The summed E-state index contributed by atoms with van der Waals surface area (Å²) in [4.78, 5) is 19.6. The molecule has 1 amide bonds. The zero-order chi connectivity index (χ0) is 17.6. The number of nitrogens with one attached hydrogen (secondary N) is 3. The third-order valence-electron chi connectivity index (χ3n) is 4.38. The fraction of sp³-hybridized carbons (Fsp3) is 0.300. The zero-order valence-electron chi connectivity index (χ0n) is 14.7. The van der Waals surface area contributed by atoms with Gasteiger partial charge < -0.3 is 15.6 Å². The monoisotopic (exact) mass is 336 g/mol. The fourth-order valence-electron chi connectivity index (χ4n) is 2.74. The Morgan fingerprint density at radius 2 is 2.12 bits per heavy atom. The maximum Gasteiger partial charge on any atom is 0.270 e. The molecule has 0 fully saturated rings. The molecule has 0 bridgehead atoms. The van der Waals surface area contributed by atoms with Gasteiger partial charge in [0.15, 0.2) is 0 Å². The van der Waals surface area contributed by atoms with Gasteiger partial charge in [0.25, 0.3) is 5.91 Å². The minimum absolute atomic E-state index is 0.130. The molecule has 0 radical (unpaired) electrons. The van der Waals surface area contributed by atoms with Crippen LogP contribution in [0.2, 0.25) is 0 Å². The number of amides is 1. The average molecular weight is 336 g/mol. The number of pyridine rings is 1. The topological polar surface area (TPSA) is 69.8 Å².